The van der Waals surface area contributed by atoms with Crippen molar-refractivity contribution >= 4 is 27.4 Å². The van der Waals surface area contributed by atoms with Gasteiger partial charge in [-0.2, -0.15) is 0 Å². The van der Waals surface area contributed by atoms with Crippen LogP contribution in [0.5, 0.6) is 0 Å². The third-order valence-corrected chi connectivity index (χ3v) is 5.51. The Morgan fingerprint density at radius 1 is 1.04 bits per heavy atom. The van der Waals surface area contributed by atoms with E-state index in [1.807, 2.05) is 42.5 Å². The summed E-state index contributed by atoms with van der Waals surface area (Å²) in [4.78, 5) is 10.9. The third-order valence-electron chi connectivity index (χ3n) is 4.44. The van der Waals surface area contributed by atoms with Crippen molar-refractivity contribution in [2.24, 2.45) is 0 Å². The minimum absolute atomic E-state index is 0.0201. The number of aromatic nitrogens is 2. The lowest BCUT2D eigenvalue weighted by Gasteiger charge is -2.15. The molecule has 130 valence electrons. The average Bonchev–Trinajstić information content (AvgIpc) is 3.14. The highest BCUT2D eigenvalue weighted by molar-refractivity contribution is 7.21. The molecule has 2 aromatic heterocycles. The number of anilines is 1. The Bertz CT molecular complexity index is 1030. The van der Waals surface area contributed by atoms with Gasteiger partial charge in [0.05, 0.1) is 12.0 Å². The molecule has 0 amide bonds. The fraction of sp³-hybridized carbons (Fsp3) is 0.143. The van der Waals surface area contributed by atoms with Crippen LogP contribution >= 0.6 is 11.3 Å². The first-order valence-corrected chi connectivity index (χ1v) is 9.33. The minimum Gasteiger partial charge on any atom is -0.392 e. The van der Waals surface area contributed by atoms with Gasteiger partial charge in [-0.15, -0.1) is 11.3 Å². The van der Waals surface area contributed by atoms with Crippen LogP contribution in [0.1, 0.15) is 24.1 Å². The van der Waals surface area contributed by atoms with E-state index in [0.29, 0.717) is 0 Å². The van der Waals surface area contributed by atoms with E-state index in [0.717, 1.165) is 32.0 Å². The van der Waals surface area contributed by atoms with E-state index in [2.05, 4.69) is 40.4 Å². The topological polar surface area (TPSA) is 58.0 Å². The smallest absolute Gasteiger partial charge is 0.138 e. The molecule has 0 unspecified atom stereocenters. The first-order valence-electron chi connectivity index (χ1n) is 8.51. The van der Waals surface area contributed by atoms with Gasteiger partial charge >= 0.3 is 0 Å². The van der Waals surface area contributed by atoms with Crippen molar-refractivity contribution in [3.63, 3.8) is 0 Å². The largest absolute Gasteiger partial charge is 0.392 e. The van der Waals surface area contributed by atoms with Crippen molar-refractivity contribution in [2.45, 2.75) is 19.6 Å². The summed E-state index contributed by atoms with van der Waals surface area (Å²) in [6.45, 7) is 2.14. The van der Waals surface area contributed by atoms with Crippen LogP contribution in [0, 0.1) is 0 Å². The number of nitrogens with zero attached hydrogens (tertiary/aromatic N) is 2. The van der Waals surface area contributed by atoms with Crippen molar-refractivity contribution in [3.05, 3.63) is 78.1 Å². The fourth-order valence-electron chi connectivity index (χ4n) is 3.03. The summed E-state index contributed by atoms with van der Waals surface area (Å²) >= 11 is 1.61. The second-order valence-electron chi connectivity index (χ2n) is 6.14. The van der Waals surface area contributed by atoms with E-state index in [1.165, 1.54) is 5.56 Å². The molecule has 0 radical (unpaired) electrons. The van der Waals surface area contributed by atoms with Gasteiger partial charge in [0.25, 0.3) is 0 Å². The monoisotopic (exact) mass is 361 g/mol. The van der Waals surface area contributed by atoms with Crippen molar-refractivity contribution in [1.82, 2.24) is 9.97 Å². The molecule has 0 aliphatic carbocycles. The van der Waals surface area contributed by atoms with Crippen molar-refractivity contribution in [3.8, 4) is 10.4 Å². The van der Waals surface area contributed by atoms with Gasteiger partial charge in [0.2, 0.25) is 0 Å². The molecule has 0 fully saturated rings. The van der Waals surface area contributed by atoms with E-state index >= 15 is 0 Å². The normalized spacial score (nSPS) is 12.2. The number of hydrogen-bond acceptors (Lipinski definition) is 5. The number of aliphatic hydroxyl groups excluding tert-OH is 1. The van der Waals surface area contributed by atoms with Crippen molar-refractivity contribution in [2.75, 3.05) is 5.32 Å². The molecule has 0 spiro atoms. The lowest BCUT2D eigenvalue weighted by atomic mass is 10.1. The summed E-state index contributed by atoms with van der Waals surface area (Å²) in [5, 5.41) is 14.1. The molecule has 0 saturated heterocycles. The van der Waals surface area contributed by atoms with Crippen LogP contribution in [0.3, 0.4) is 0 Å². The molecule has 0 saturated carbocycles. The molecular formula is C21H19N3OS. The quantitative estimate of drug-likeness (QED) is 0.524. The van der Waals surface area contributed by atoms with Gasteiger partial charge in [0.15, 0.2) is 0 Å². The summed E-state index contributed by atoms with van der Waals surface area (Å²) in [5.41, 5.74) is 3.17. The molecule has 26 heavy (non-hydrogen) atoms. The van der Waals surface area contributed by atoms with E-state index in [4.69, 9.17) is 0 Å². The highest BCUT2D eigenvalue weighted by Crippen LogP contribution is 2.37. The van der Waals surface area contributed by atoms with Crippen LogP contribution in [-0.4, -0.2) is 15.1 Å². The van der Waals surface area contributed by atoms with Crippen molar-refractivity contribution < 1.29 is 5.11 Å². The predicted octanol–water partition coefficient (Wildman–Crippen LogP) is 5.02. The van der Waals surface area contributed by atoms with Crippen molar-refractivity contribution in [1.29, 1.82) is 0 Å². The standard InChI is InChI=1S/C21H19N3OS/c1-14(15-7-3-2-4-8-15)24-20-18-11-19(26-21(18)23-13-22-20)17-10-6-5-9-16(17)12-25/h2-11,13-14,25H,12H2,1H3,(H,22,23,24)/t14-/m1/s1. The first-order chi connectivity index (χ1) is 12.8. The summed E-state index contributed by atoms with van der Waals surface area (Å²) in [6, 6.07) is 20.5. The Kier molecular flexibility index (Phi) is 4.65. The lowest BCUT2D eigenvalue weighted by molar-refractivity contribution is 0.282. The van der Waals surface area contributed by atoms with Gasteiger partial charge < -0.3 is 10.4 Å². The number of thiophene rings is 1. The molecule has 0 aliphatic rings. The molecule has 0 aliphatic heterocycles. The minimum atomic E-state index is 0.0201. The first kappa shape index (κ1) is 16.7. The number of nitrogens with one attached hydrogen (secondary N) is 1. The SMILES string of the molecule is C[C@@H](Nc1ncnc2sc(-c3ccccc3CO)cc12)c1ccccc1. The van der Waals surface area contributed by atoms with Gasteiger partial charge in [-0.1, -0.05) is 54.6 Å². The molecule has 1 atom stereocenters. The molecule has 2 heterocycles. The number of rotatable bonds is 5. The Labute approximate surface area is 156 Å². The number of aliphatic hydroxyl groups is 1. The van der Waals surface area contributed by atoms with Crippen LogP contribution < -0.4 is 5.32 Å². The summed E-state index contributed by atoms with van der Waals surface area (Å²) in [7, 11) is 0. The lowest BCUT2D eigenvalue weighted by Crippen LogP contribution is -2.08. The van der Waals surface area contributed by atoms with E-state index < -0.39 is 0 Å². The number of fused-ring (bicyclic) bond motifs is 1. The zero-order valence-electron chi connectivity index (χ0n) is 14.4. The molecule has 0 bridgehead atoms. The maximum atomic E-state index is 9.62. The summed E-state index contributed by atoms with van der Waals surface area (Å²) in [6.07, 6.45) is 1.60. The maximum absolute atomic E-state index is 9.62. The summed E-state index contributed by atoms with van der Waals surface area (Å²) < 4.78 is 0. The van der Waals surface area contributed by atoms with Gasteiger partial charge in [-0.3, -0.25) is 0 Å². The molecule has 5 heteroatoms. The van der Waals surface area contributed by atoms with Gasteiger partial charge in [-0.05, 0) is 29.7 Å². The van der Waals surface area contributed by atoms with Gasteiger partial charge in [0, 0.05) is 10.9 Å². The third kappa shape index (κ3) is 3.19. The average molecular weight is 361 g/mol. The van der Waals surface area contributed by atoms with Crippen LogP contribution in [0.4, 0.5) is 5.82 Å². The molecule has 4 nitrogen and oxygen atoms in total. The Hall–Kier alpha value is -2.76. The highest BCUT2D eigenvalue weighted by atomic mass is 32.1. The van der Waals surface area contributed by atoms with Crippen LogP contribution in [0.2, 0.25) is 0 Å². The van der Waals surface area contributed by atoms with E-state index in [-0.39, 0.29) is 12.6 Å². The number of hydrogen-bond donors (Lipinski definition) is 2. The number of benzene rings is 2. The molecule has 4 rings (SSSR count). The zero-order chi connectivity index (χ0) is 17.9. The Balaban J connectivity index is 1.72. The highest BCUT2D eigenvalue weighted by Gasteiger charge is 2.14. The molecule has 4 aromatic rings. The Morgan fingerprint density at radius 2 is 1.81 bits per heavy atom. The maximum Gasteiger partial charge on any atom is 0.138 e. The predicted molar refractivity (Wildman–Crippen MR) is 107 cm³/mol. The Morgan fingerprint density at radius 3 is 2.62 bits per heavy atom. The van der Waals surface area contributed by atoms with Gasteiger partial charge in [0.1, 0.15) is 17.0 Å². The van der Waals surface area contributed by atoms with Crippen LogP contribution in [0.25, 0.3) is 20.7 Å². The molecule has 2 aromatic carbocycles. The van der Waals surface area contributed by atoms with Gasteiger partial charge in [-0.25, -0.2) is 9.97 Å². The molecular weight excluding hydrogens is 342 g/mol. The van der Waals surface area contributed by atoms with Crippen LogP contribution in [0.15, 0.2) is 67.0 Å². The second kappa shape index (κ2) is 7.23. The van der Waals surface area contributed by atoms with Crippen LogP contribution in [-0.2, 0) is 6.61 Å². The fourth-order valence-corrected chi connectivity index (χ4v) is 4.09. The molecule has 2 N–H and O–H groups in total. The zero-order valence-corrected chi connectivity index (χ0v) is 15.2. The second-order valence-corrected chi connectivity index (χ2v) is 7.17. The summed E-state index contributed by atoms with van der Waals surface area (Å²) in [5.74, 6) is 0.829. The van der Waals surface area contributed by atoms with E-state index in [9.17, 15) is 5.11 Å². The van der Waals surface area contributed by atoms with E-state index in [1.54, 1.807) is 17.7 Å².